The van der Waals surface area contributed by atoms with Crippen LogP contribution in [0.25, 0.3) is 0 Å². The first-order chi connectivity index (χ1) is 9.84. The summed E-state index contributed by atoms with van der Waals surface area (Å²) in [7, 11) is -4.26. The summed E-state index contributed by atoms with van der Waals surface area (Å²) >= 11 is 0. The average molecular weight is 308 g/mol. The highest BCUT2D eigenvalue weighted by Gasteiger charge is 2.09. The van der Waals surface area contributed by atoms with Gasteiger partial charge < -0.3 is 15.7 Å². The summed E-state index contributed by atoms with van der Waals surface area (Å²) in [6.45, 7) is 0. The Morgan fingerprint density at radius 3 is 2.14 bits per heavy atom. The van der Waals surface area contributed by atoms with Crippen LogP contribution in [0.2, 0.25) is 0 Å². The number of anilines is 2. The number of carbonyl (C=O) groups is 1. The van der Waals surface area contributed by atoms with Gasteiger partial charge in [0.25, 0.3) is 10.1 Å². The summed E-state index contributed by atoms with van der Waals surface area (Å²) in [5, 5.41) is 14.2. The Bertz CT molecular complexity index is 756. The molecule has 0 aromatic heterocycles. The van der Waals surface area contributed by atoms with Crippen molar-refractivity contribution in [1.82, 2.24) is 0 Å². The third-order valence-electron chi connectivity index (χ3n) is 2.51. The van der Waals surface area contributed by atoms with E-state index >= 15 is 0 Å². The lowest BCUT2D eigenvalue weighted by Gasteiger charge is -2.08. The third kappa shape index (κ3) is 4.20. The van der Waals surface area contributed by atoms with E-state index in [1.807, 2.05) is 0 Å². The summed E-state index contributed by atoms with van der Waals surface area (Å²) in [4.78, 5) is 11.4. The average Bonchev–Trinajstić information content (AvgIpc) is 2.38. The van der Waals surface area contributed by atoms with E-state index in [4.69, 9.17) is 4.55 Å². The maximum atomic E-state index is 11.7. The van der Waals surface area contributed by atoms with Gasteiger partial charge >= 0.3 is 6.03 Å². The molecule has 0 spiro atoms. The zero-order valence-electron chi connectivity index (χ0n) is 10.6. The molecule has 0 aliphatic heterocycles. The van der Waals surface area contributed by atoms with Crippen molar-refractivity contribution in [3.63, 3.8) is 0 Å². The first-order valence-corrected chi connectivity index (χ1v) is 7.23. The van der Waals surface area contributed by atoms with Gasteiger partial charge in [-0.15, -0.1) is 0 Å². The van der Waals surface area contributed by atoms with E-state index in [-0.39, 0.29) is 10.6 Å². The summed E-state index contributed by atoms with van der Waals surface area (Å²) in [6.07, 6.45) is 0. The van der Waals surface area contributed by atoms with E-state index in [9.17, 15) is 18.3 Å². The smallest absolute Gasteiger partial charge is 0.323 e. The van der Waals surface area contributed by atoms with E-state index in [1.165, 1.54) is 36.4 Å². The molecule has 2 aromatic carbocycles. The number of aromatic hydroxyl groups is 1. The topological polar surface area (TPSA) is 116 Å². The Morgan fingerprint density at radius 1 is 0.952 bits per heavy atom. The molecule has 2 rings (SSSR count). The van der Waals surface area contributed by atoms with Crippen LogP contribution < -0.4 is 10.6 Å². The van der Waals surface area contributed by atoms with Crippen molar-refractivity contribution in [2.75, 3.05) is 10.6 Å². The molecule has 0 saturated heterocycles. The van der Waals surface area contributed by atoms with Crippen LogP contribution in [0.5, 0.6) is 5.75 Å². The maximum absolute atomic E-state index is 11.7. The fraction of sp³-hybridized carbons (Fsp3) is 0. The molecule has 0 unspecified atom stereocenters. The molecule has 4 N–H and O–H groups in total. The number of phenols is 1. The number of benzene rings is 2. The Balaban J connectivity index is 2.03. The first-order valence-electron chi connectivity index (χ1n) is 5.79. The lowest BCUT2D eigenvalue weighted by atomic mass is 10.3. The molecule has 7 nitrogen and oxygen atoms in total. The fourth-order valence-electron chi connectivity index (χ4n) is 1.59. The maximum Gasteiger partial charge on any atom is 0.323 e. The molecular weight excluding hydrogens is 296 g/mol. The fourth-order valence-corrected chi connectivity index (χ4v) is 2.07. The largest absolute Gasteiger partial charge is 0.508 e. The number of amides is 2. The van der Waals surface area contributed by atoms with Crippen LogP contribution in [0.3, 0.4) is 0 Å². The van der Waals surface area contributed by atoms with Crippen LogP contribution >= 0.6 is 0 Å². The highest BCUT2D eigenvalue weighted by molar-refractivity contribution is 7.85. The highest BCUT2D eigenvalue weighted by atomic mass is 32.2. The standard InChI is InChI=1S/C13H12N2O5S/c16-11-3-1-2-10(8-11)15-13(17)14-9-4-6-12(7-5-9)21(18,19)20/h1-8,16H,(H2,14,15,17)(H,18,19,20). The minimum Gasteiger partial charge on any atom is -0.508 e. The van der Waals surface area contributed by atoms with Gasteiger partial charge in [-0.25, -0.2) is 4.79 Å². The van der Waals surface area contributed by atoms with Gasteiger partial charge in [-0.1, -0.05) is 6.07 Å². The second-order valence-corrected chi connectivity index (χ2v) is 5.55. The van der Waals surface area contributed by atoms with Crippen LogP contribution in [0.15, 0.2) is 53.4 Å². The minimum atomic E-state index is -4.26. The number of urea groups is 1. The number of carbonyl (C=O) groups excluding carboxylic acids is 1. The molecule has 8 heteroatoms. The van der Waals surface area contributed by atoms with Gasteiger partial charge in [-0.05, 0) is 36.4 Å². The summed E-state index contributed by atoms with van der Waals surface area (Å²) < 4.78 is 30.6. The Hall–Kier alpha value is -2.58. The number of rotatable bonds is 3. The second-order valence-electron chi connectivity index (χ2n) is 4.13. The van der Waals surface area contributed by atoms with Crippen LogP contribution in [-0.2, 0) is 10.1 Å². The van der Waals surface area contributed by atoms with Gasteiger partial charge in [0.05, 0.1) is 4.90 Å². The van der Waals surface area contributed by atoms with E-state index < -0.39 is 16.1 Å². The SMILES string of the molecule is O=C(Nc1ccc(S(=O)(=O)O)cc1)Nc1cccc(O)c1. The first kappa shape index (κ1) is 14.8. The molecule has 0 fully saturated rings. The van der Waals surface area contributed by atoms with E-state index in [0.717, 1.165) is 0 Å². The van der Waals surface area contributed by atoms with Gasteiger partial charge in [-0.2, -0.15) is 8.42 Å². The molecule has 0 bridgehead atoms. The Morgan fingerprint density at radius 2 is 1.57 bits per heavy atom. The predicted molar refractivity (Wildman–Crippen MR) is 77.0 cm³/mol. The van der Waals surface area contributed by atoms with Crippen molar-refractivity contribution in [3.05, 3.63) is 48.5 Å². The van der Waals surface area contributed by atoms with Crippen LogP contribution in [0.4, 0.5) is 16.2 Å². The van der Waals surface area contributed by atoms with E-state index in [2.05, 4.69) is 10.6 Å². The van der Waals surface area contributed by atoms with Crippen molar-refractivity contribution >= 4 is 27.5 Å². The van der Waals surface area contributed by atoms with Gasteiger partial charge in [0.15, 0.2) is 0 Å². The number of phenolic OH excluding ortho intramolecular Hbond substituents is 1. The molecule has 2 aromatic rings. The third-order valence-corrected chi connectivity index (χ3v) is 3.38. The molecule has 2 amide bonds. The van der Waals surface area contributed by atoms with Gasteiger partial charge in [0, 0.05) is 17.4 Å². The van der Waals surface area contributed by atoms with Gasteiger partial charge in [0.1, 0.15) is 5.75 Å². The van der Waals surface area contributed by atoms with Crippen molar-refractivity contribution in [2.24, 2.45) is 0 Å². The van der Waals surface area contributed by atoms with Crippen LogP contribution in [-0.4, -0.2) is 24.1 Å². The van der Waals surface area contributed by atoms with Gasteiger partial charge in [0.2, 0.25) is 0 Å². The van der Waals surface area contributed by atoms with Crippen LogP contribution in [0.1, 0.15) is 0 Å². The van der Waals surface area contributed by atoms with Crippen LogP contribution in [0, 0.1) is 0 Å². The number of hydrogen-bond donors (Lipinski definition) is 4. The molecule has 0 saturated carbocycles. The van der Waals surface area contributed by atoms with E-state index in [1.54, 1.807) is 12.1 Å². The van der Waals surface area contributed by atoms with Crippen molar-refractivity contribution in [1.29, 1.82) is 0 Å². The second kappa shape index (κ2) is 5.81. The molecule has 0 atom stereocenters. The zero-order valence-corrected chi connectivity index (χ0v) is 11.5. The van der Waals surface area contributed by atoms with Gasteiger partial charge in [-0.3, -0.25) is 4.55 Å². The molecular formula is C13H12N2O5S. The predicted octanol–water partition coefficient (Wildman–Crippen LogP) is 2.28. The Labute approximate surface area is 121 Å². The van der Waals surface area contributed by atoms with Crippen molar-refractivity contribution in [3.8, 4) is 5.75 Å². The highest BCUT2D eigenvalue weighted by Crippen LogP contribution is 2.17. The zero-order chi connectivity index (χ0) is 15.5. The summed E-state index contributed by atoms with van der Waals surface area (Å²) in [6, 6.07) is 10.5. The lowest BCUT2D eigenvalue weighted by molar-refractivity contribution is 0.262. The molecule has 110 valence electrons. The molecule has 0 aliphatic carbocycles. The molecule has 0 radical (unpaired) electrons. The minimum absolute atomic E-state index is 0.0188. The molecule has 0 aliphatic rings. The summed E-state index contributed by atoms with van der Waals surface area (Å²) in [5.41, 5.74) is 0.752. The number of nitrogens with one attached hydrogen (secondary N) is 2. The quantitative estimate of drug-likeness (QED) is 0.649. The van der Waals surface area contributed by atoms with E-state index in [0.29, 0.717) is 11.4 Å². The number of hydrogen-bond acceptors (Lipinski definition) is 4. The molecule has 21 heavy (non-hydrogen) atoms. The van der Waals surface area contributed by atoms with Crippen molar-refractivity contribution < 1.29 is 22.9 Å². The monoisotopic (exact) mass is 308 g/mol. The Kier molecular flexibility index (Phi) is 4.10. The summed E-state index contributed by atoms with van der Waals surface area (Å²) in [5.74, 6) is 0.0188. The molecule has 0 heterocycles. The van der Waals surface area contributed by atoms with Crippen molar-refractivity contribution in [2.45, 2.75) is 4.90 Å². The normalized spacial score (nSPS) is 10.9. The lowest BCUT2D eigenvalue weighted by Crippen LogP contribution is -2.19.